The molecule has 28 heavy (non-hydrogen) atoms. The van der Waals surface area contributed by atoms with Gasteiger partial charge in [-0.1, -0.05) is 50.4 Å². The second-order valence-electron chi connectivity index (χ2n) is 7.39. The van der Waals surface area contributed by atoms with Crippen LogP contribution in [0, 0.1) is 11.8 Å². The van der Waals surface area contributed by atoms with Gasteiger partial charge in [-0.05, 0) is 30.9 Å². The standard InChI is InChI=1S/C20H24F3N3O2/c1-3-12(2)16(24-18(27)13-7-4-5-8-13)19-25-17(26-28-19)14-9-6-10-15(11-14)20(21,22)23/h6,9-13,16H,3-5,7-8H2,1-2H3,(H,24,27)/t12-,16-/m0/s1. The highest BCUT2D eigenvalue weighted by molar-refractivity contribution is 5.79. The fourth-order valence-electron chi connectivity index (χ4n) is 3.46. The summed E-state index contributed by atoms with van der Waals surface area (Å²) in [5, 5.41) is 6.86. The zero-order valence-corrected chi connectivity index (χ0v) is 15.9. The SMILES string of the molecule is CC[C@H](C)[C@H](NC(=O)C1CCCC1)c1nc(-c2cccc(C(F)(F)F)c2)no1. The van der Waals surface area contributed by atoms with Gasteiger partial charge in [-0.25, -0.2) is 0 Å². The van der Waals surface area contributed by atoms with Crippen molar-refractivity contribution in [3.63, 3.8) is 0 Å². The summed E-state index contributed by atoms with van der Waals surface area (Å²) in [7, 11) is 0. The molecule has 0 unspecified atom stereocenters. The highest BCUT2D eigenvalue weighted by atomic mass is 19.4. The first kappa shape index (κ1) is 20.4. The van der Waals surface area contributed by atoms with E-state index >= 15 is 0 Å². The van der Waals surface area contributed by atoms with Crippen LogP contribution in [0.1, 0.15) is 63.4 Å². The van der Waals surface area contributed by atoms with Crippen LogP contribution in [0.25, 0.3) is 11.4 Å². The summed E-state index contributed by atoms with van der Waals surface area (Å²) in [6.07, 6.45) is 0.170. The zero-order valence-electron chi connectivity index (χ0n) is 15.9. The van der Waals surface area contributed by atoms with Crippen LogP contribution >= 0.6 is 0 Å². The molecule has 0 saturated heterocycles. The van der Waals surface area contributed by atoms with Crippen molar-refractivity contribution in [2.75, 3.05) is 0 Å². The van der Waals surface area contributed by atoms with Gasteiger partial charge in [0.2, 0.25) is 17.6 Å². The molecule has 0 radical (unpaired) electrons. The maximum atomic E-state index is 12.9. The zero-order chi connectivity index (χ0) is 20.3. The number of alkyl halides is 3. The molecule has 1 fully saturated rings. The van der Waals surface area contributed by atoms with Crippen LogP contribution in [0.3, 0.4) is 0 Å². The van der Waals surface area contributed by atoms with Crippen molar-refractivity contribution >= 4 is 5.91 Å². The monoisotopic (exact) mass is 395 g/mol. The Morgan fingerprint density at radius 3 is 2.68 bits per heavy atom. The molecule has 1 aliphatic rings. The summed E-state index contributed by atoms with van der Waals surface area (Å²) in [5.41, 5.74) is -0.556. The van der Waals surface area contributed by atoms with Crippen molar-refractivity contribution in [1.29, 1.82) is 0 Å². The summed E-state index contributed by atoms with van der Waals surface area (Å²) in [5.74, 6) is 0.303. The third-order valence-electron chi connectivity index (χ3n) is 5.39. The molecule has 8 heteroatoms. The number of carbonyl (C=O) groups is 1. The Balaban J connectivity index is 1.83. The smallest absolute Gasteiger partial charge is 0.344 e. The third kappa shape index (κ3) is 4.54. The largest absolute Gasteiger partial charge is 0.416 e. The van der Waals surface area contributed by atoms with E-state index in [1.807, 2.05) is 13.8 Å². The Hall–Kier alpha value is -2.38. The minimum Gasteiger partial charge on any atom is -0.344 e. The number of amides is 1. The maximum absolute atomic E-state index is 12.9. The van der Waals surface area contributed by atoms with Crippen LogP contribution in [0.15, 0.2) is 28.8 Å². The molecule has 1 heterocycles. The molecule has 2 aromatic rings. The first-order chi connectivity index (χ1) is 13.3. The van der Waals surface area contributed by atoms with Crippen molar-refractivity contribution in [3.8, 4) is 11.4 Å². The Bertz CT molecular complexity index is 813. The predicted molar refractivity (Wildman–Crippen MR) is 97.0 cm³/mol. The number of hydrogen-bond donors (Lipinski definition) is 1. The molecule has 0 spiro atoms. The van der Waals surface area contributed by atoms with Gasteiger partial charge in [0.25, 0.3) is 0 Å². The van der Waals surface area contributed by atoms with Gasteiger partial charge in [0, 0.05) is 11.5 Å². The Labute approximate surface area is 161 Å². The molecule has 1 aromatic carbocycles. The highest BCUT2D eigenvalue weighted by Crippen LogP contribution is 2.33. The average Bonchev–Trinajstić information content (AvgIpc) is 3.36. The Morgan fingerprint density at radius 2 is 2.04 bits per heavy atom. The topological polar surface area (TPSA) is 68.0 Å². The van der Waals surface area contributed by atoms with E-state index in [1.54, 1.807) is 0 Å². The van der Waals surface area contributed by atoms with Crippen molar-refractivity contribution < 1.29 is 22.5 Å². The predicted octanol–water partition coefficient (Wildman–Crippen LogP) is 5.15. The number of carbonyl (C=O) groups excluding carboxylic acids is 1. The summed E-state index contributed by atoms with van der Waals surface area (Å²) in [4.78, 5) is 16.8. The van der Waals surface area contributed by atoms with Crippen LogP contribution in [-0.2, 0) is 11.0 Å². The Kier molecular flexibility index (Phi) is 6.05. The summed E-state index contributed by atoms with van der Waals surface area (Å²) in [6, 6.07) is 4.32. The van der Waals surface area contributed by atoms with Gasteiger partial charge in [-0.15, -0.1) is 0 Å². The number of hydrogen-bond acceptors (Lipinski definition) is 4. The van der Waals surface area contributed by atoms with E-state index in [1.165, 1.54) is 12.1 Å². The second-order valence-corrected chi connectivity index (χ2v) is 7.39. The van der Waals surface area contributed by atoms with Gasteiger partial charge in [-0.2, -0.15) is 18.2 Å². The summed E-state index contributed by atoms with van der Waals surface area (Å²) in [6.45, 7) is 3.96. The maximum Gasteiger partial charge on any atom is 0.416 e. The number of benzene rings is 1. The molecule has 3 rings (SSSR count). The van der Waals surface area contributed by atoms with Crippen LogP contribution in [0.2, 0.25) is 0 Å². The second kappa shape index (κ2) is 8.32. The van der Waals surface area contributed by atoms with E-state index in [0.29, 0.717) is 0 Å². The lowest BCUT2D eigenvalue weighted by Gasteiger charge is -2.22. The number of nitrogens with one attached hydrogen (secondary N) is 1. The van der Waals surface area contributed by atoms with Crippen LogP contribution < -0.4 is 5.32 Å². The molecule has 1 saturated carbocycles. The highest BCUT2D eigenvalue weighted by Gasteiger charge is 2.32. The summed E-state index contributed by atoms with van der Waals surface area (Å²) >= 11 is 0. The molecule has 1 amide bonds. The van der Waals surface area contributed by atoms with Crippen LogP contribution in [0.5, 0.6) is 0 Å². The van der Waals surface area contributed by atoms with Crippen molar-refractivity contribution in [2.24, 2.45) is 11.8 Å². The summed E-state index contributed by atoms with van der Waals surface area (Å²) < 4.78 is 44.2. The lowest BCUT2D eigenvalue weighted by molar-refractivity contribution is -0.137. The molecule has 152 valence electrons. The molecule has 0 aliphatic heterocycles. The minimum atomic E-state index is -4.45. The van der Waals surface area contributed by atoms with Gasteiger partial charge in [0.1, 0.15) is 6.04 Å². The molecular formula is C20H24F3N3O2. The van der Waals surface area contributed by atoms with E-state index < -0.39 is 17.8 Å². The van der Waals surface area contributed by atoms with Crippen LogP contribution in [0.4, 0.5) is 13.2 Å². The minimum absolute atomic E-state index is 0.00239. The normalized spacial score (nSPS) is 17.5. The third-order valence-corrected chi connectivity index (χ3v) is 5.39. The van der Waals surface area contributed by atoms with Gasteiger partial charge >= 0.3 is 6.18 Å². The van der Waals surface area contributed by atoms with Crippen molar-refractivity contribution in [2.45, 2.75) is 58.2 Å². The van der Waals surface area contributed by atoms with E-state index in [0.717, 1.165) is 44.2 Å². The average molecular weight is 395 g/mol. The molecular weight excluding hydrogens is 371 g/mol. The van der Waals surface area contributed by atoms with E-state index in [2.05, 4.69) is 15.5 Å². The number of aromatic nitrogens is 2. The van der Waals surface area contributed by atoms with Gasteiger partial charge in [0.15, 0.2) is 0 Å². The lowest BCUT2D eigenvalue weighted by atomic mass is 9.97. The first-order valence-corrected chi connectivity index (χ1v) is 9.61. The number of nitrogens with zero attached hydrogens (tertiary/aromatic N) is 2. The lowest BCUT2D eigenvalue weighted by Crippen LogP contribution is -2.36. The van der Waals surface area contributed by atoms with Crippen molar-refractivity contribution in [3.05, 3.63) is 35.7 Å². The molecule has 1 aromatic heterocycles. The van der Waals surface area contributed by atoms with E-state index in [-0.39, 0.29) is 35.0 Å². The quantitative estimate of drug-likeness (QED) is 0.735. The molecule has 0 bridgehead atoms. The molecule has 1 aliphatic carbocycles. The Morgan fingerprint density at radius 1 is 1.32 bits per heavy atom. The van der Waals surface area contributed by atoms with Crippen LogP contribution in [-0.4, -0.2) is 16.0 Å². The van der Waals surface area contributed by atoms with E-state index in [4.69, 9.17) is 4.52 Å². The van der Waals surface area contributed by atoms with Gasteiger partial charge in [-0.3, -0.25) is 4.79 Å². The number of rotatable bonds is 6. The van der Waals surface area contributed by atoms with E-state index in [9.17, 15) is 18.0 Å². The first-order valence-electron chi connectivity index (χ1n) is 9.61. The number of halogens is 3. The molecule has 5 nitrogen and oxygen atoms in total. The van der Waals surface area contributed by atoms with Gasteiger partial charge in [0.05, 0.1) is 5.56 Å². The van der Waals surface area contributed by atoms with Crippen molar-refractivity contribution in [1.82, 2.24) is 15.5 Å². The molecule has 2 atom stereocenters. The van der Waals surface area contributed by atoms with Gasteiger partial charge < -0.3 is 9.84 Å². The molecule has 1 N–H and O–H groups in total. The fourth-order valence-corrected chi connectivity index (χ4v) is 3.46. The fraction of sp³-hybridized carbons (Fsp3) is 0.550.